The molecule has 2 nitrogen and oxygen atoms in total. The molecular weight excluding hydrogens is 334 g/mol. The third-order valence-corrected chi connectivity index (χ3v) is 4.82. The van der Waals surface area contributed by atoms with Crippen LogP contribution in [-0.4, -0.2) is 13.2 Å². The Bertz CT molecular complexity index is 541. The zero-order valence-corrected chi connectivity index (χ0v) is 14.3. The van der Waals surface area contributed by atoms with E-state index in [1.165, 1.54) is 14.2 Å². The van der Waals surface area contributed by atoms with E-state index in [0.717, 1.165) is 18.7 Å². The van der Waals surface area contributed by atoms with Crippen molar-refractivity contribution in [2.24, 2.45) is 0 Å². The van der Waals surface area contributed by atoms with Crippen molar-refractivity contribution >= 4 is 27.3 Å². The predicted octanol–water partition coefficient (Wildman–Crippen LogP) is 4.80. The molecule has 1 unspecified atom stereocenters. The molecule has 0 spiro atoms. The van der Waals surface area contributed by atoms with Crippen molar-refractivity contribution in [2.45, 2.75) is 26.3 Å². The first kappa shape index (κ1) is 15.5. The first-order valence-corrected chi connectivity index (χ1v) is 8.51. The quantitative estimate of drug-likeness (QED) is 0.771. The van der Waals surface area contributed by atoms with Crippen LogP contribution in [0.15, 0.2) is 40.2 Å². The van der Waals surface area contributed by atoms with Crippen LogP contribution in [0.3, 0.4) is 0 Å². The number of ether oxygens (including phenoxy) is 1. The fourth-order valence-corrected chi connectivity index (χ4v) is 3.62. The van der Waals surface area contributed by atoms with Gasteiger partial charge < -0.3 is 10.1 Å². The monoisotopic (exact) mass is 353 g/mol. The van der Waals surface area contributed by atoms with E-state index in [1.807, 2.05) is 19.1 Å². The molecule has 0 aliphatic carbocycles. The number of benzene rings is 1. The second-order valence-electron chi connectivity index (χ2n) is 4.60. The van der Waals surface area contributed by atoms with Crippen molar-refractivity contribution < 1.29 is 4.74 Å². The standard InChI is InChI=1S/C16H20BrNOS/c1-3-19-15-7-5-4-6-14(15)12(2)18-11-10-13-8-9-16(17)20-13/h4-9,12,18H,3,10-11H2,1-2H3. The van der Waals surface area contributed by atoms with Gasteiger partial charge in [-0.25, -0.2) is 0 Å². The molecule has 20 heavy (non-hydrogen) atoms. The third-order valence-electron chi connectivity index (χ3n) is 3.14. The summed E-state index contributed by atoms with van der Waals surface area (Å²) in [6.07, 6.45) is 1.05. The zero-order valence-electron chi connectivity index (χ0n) is 11.9. The highest BCUT2D eigenvalue weighted by molar-refractivity contribution is 9.11. The van der Waals surface area contributed by atoms with Gasteiger partial charge >= 0.3 is 0 Å². The van der Waals surface area contributed by atoms with E-state index in [9.17, 15) is 0 Å². The van der Waals surface area contributed by atoms with Gasteiger partial charge in [-0.1, -0.05) is 18.2 Å². The van der Waals surface area contributed by atoms with E-state index in [4.69, 9.17) is 4.74 Å². The molecule has 0 saturated carbocycles. The summed E-state index contributed by atoms with van der Waals surface area (Å²) >= 11 is 5.30. The van der Waals surface area contributed by atoms with Gasteiger partial charge in [-0.2, -0.15) is 0 Å². The van der Waals surface area contributed by atoms with E-state index in [1.54, 1.807) is 11.3 Å². The summed E-state index contributed by atoms with van der Waals surface area (Å²) in [5, 5.41) is 3.57. The molecule has 1 N–H and O–H groups in total. The second kappa shape index (κ2) is 7.81. The Morgan fingerprint density at radius 1 is 1.25 bits per heavy atom. The summed E-state index contributed by atoms with van der Waals surface area (Å²) in [6, 6.07) is 12.8. The van der Waals surface area contributed by atoms with Crippen molar-refractivity contribution in [2.75, 3.05) is 13.2 Å². The maximum Gasteiger partial charge on any atom is 0.124 e. The lowest BCUT2D eigenvalue weighted by molar-refractivity contribution is 0.332. The summed E-state index contributed by atoms with van der Waals surface area (Å²) in [7, 11) is 0. The number of halogens is 1. The summed E-state index contributed by atoms with van der Waals surface area (Å²) in [6.45, 7) is 5.87. The molecule has 1 aromatic heterocycles. The van der Waals surface area contributed by atoms with E-state index in [-0.39, 0.29) is 0 Å². The number of para-hydroxylation sites is 1. The molecule has 1 heterocycles. The van der Waals surface area contributed by atoms with Crippen LogP contribution in [-0.2, 0) is 6.42 Å². The van der Waals surface area contributed by atoms with Crippen LogP contribution in [0.2, 0.25) is 0 Å². The first-order valence-electron chi connectivity index (χ1n) is 6.90. The highest BCUT2D eigenvalue weighted by atomic mass is 79.9. The number of nitrogens with one attached hydrogen (secondary N) is 1. The van der Waals surface area contributed by atoms with Gasteiger partial charge in [0.05, 0.1) is 10.4 Å². The molecule has 4 heteroatoms. The predicted molar refractivity (Wildman–Crippen MR) is 89.8 cm³/mol. The molecule has 1 atom stereocenters. The lowest BCUT2D eigenvalue weighted by Crippen LogP contribution is -2.21. The molecule has 2 rings (SSSR count). The Morgan fingerprint density at radius 3 is 2.75 bits per heavy atom. The zero-order chi connectivity index (χ0) is 14.4. The lowest BCUT2D eigenvalue weighted by atomic mass is 10.1. The molecule has 1 aromatic carbocycles. The maximum absolute atomic E-state index is 5.68. The minimum atomic E-state index is 0.293. The lowest BCUT2D eigenvalue weighted by Gasteiger charge is -2.17. The van der Waals surface area contributed by atoms with Gasteiger partial charge in [0.2, 0.25) is 0 Å². The third kappa shape index (κ3) is 4.33. The highest BCUT2D eigenvalue weighted by Gasteiger charge is 2.10. The molecule has 0 aliphatic rings. The molecule has 2 aromatic rings. The average molecular weight is 354 g/mol. The van der Waals surface area contributed by atoms with Gasteiger partial charge in [0, 0.05) is 23.0 Å². The number of hydrogen-bond donors (Lipinski definition) is 1. The van der Waals surface area contributed by atoms with E-state index < -0.39 is 0 Å². The molecule has 0 saturated heterocycles. The molecule has 0 fully saturated rings. The summed E-state index contributed by atoms with van der Waals surface area (Å²) < 4.78 is 6.88. The Kier molecular flexibility index (Phi) is 6.07. The van der Waals surface area contributed by atoms with Crippen molar-refractivity contribution in [1.82, 2.24) is 5.32 Å². The smallest absolute Gasteiger partial charge is 0.124 e. The van der Waals surface area contributed by atoms with Crippen LogP contribution in [0.1, 0.15) is 30.3 Å². The van der Waals surface area contributed by atoms with Gasteiger partial charge in [-0.05, 0) is 54.4 Å². The molecule has 0 aliphatic heterocycles. The minimum Gasteiger partial charge on any atom is -0.494 e. The Hall–Kier alpha value is -0.840. The van der Waals surface area contributed by atoms with Crippen molar-refractivity contribution in [3.63, 3.8) is 0 Å². The van der Waals surface area contributed by atoms with Crippen molar-refractivity contribution in [1.29, 1.82) is 0 Å². The van der Waals surface area contributed by atoms with Crippen LogP contribution in [0.4, 0.5) is 0 Å². The summed E-state index contributed by atoms with van der Waals surface area (Å²) in [5.74, 6) is 0.980. The van der Waals surface area contributed by atoms with Crippen LogP contribution >= 0.6 is 27.3 Å². The Morgan fingerprint density at radius 2 is 2.05 bits per heavy atom. The normalized spacial score (nSPS) is 12.3. The molecule has 108 valence electrons. The minimum absolute atomic E-state index is 0.293. The van der Waals surface area contributed by atoms with Crippen molar-refractivity contribution in [3.05, 3.63) is 50.6 Å². The van der Waals surface area contributed by atoms with Gasteiger partial charge in [-0.15, -0.1) is 11.3 Å². The molecule has 0 radical (unpaired) electrons. The second-order valence-corrected chi connectivity index (χ2v) is 7.15. The Balaban J connectivity index is 1.89. The van der Waals surface area contributed by atoms with Gasteiger partial charge in [0.1, 0.15) is 5.75 Å². The fraction of sp³-hybridized carbons (Fsp3) is 0.375. The van der Waals surface area contributed by atoms with Gasteiger partial charge in [0.25, 0.3) is 0 Å². The van der Waals surface area contributed by atoms with E-state index in [2.05, 4.69) is 52.4 Å². The van der Waals surface area contributed by atoms with Gasteiger partial charge in [-0.3, -0.25) is 0 Å². The highest BCUT2D eigenvalue weighted by Crippen LogP contribution is 2.25. The fourth-order valence-electron chi connectivity index (χ4n) is 2.13. The summed E-state index contributed by atoms with van der Waals surface area (Å²) in [5.41, 5.74) is 1.22. The number of rotatable bonds is 7. The van der Waals surface area contributed by atoms with Crippen molar-refractivity contribution in [3.8, 4) is 5.75 Å². The summed E-state index contributed by atoms with van der Waals surface area (Å²) in [4.78, 5) is 1.40. The topological polar surface area (TPSA) is 21.3 Å². The van der Waals surface area contributed by atoms with Crippen LogP contribution < -0.4 is 10.1 Å². The molecule has 0 amide bonds. The number of hydrogen-bond acceptors (Lipinski definition) is 3. The van der Waals surface area contributed by atoms with Crippen LogP contribution in [0.5, 0.6) is 5.75 Å². The largest absolute Gasteiger partial charge is 0.494 e. The van der Waals surface area contributed by atoms with Crippen LogP contribution in [0.25, 0.3) is 0 Å². The molecular formula is C16H20BrNOS. The van der Waals surface area contributed by atoms with Crippen LogP contribution in [0, 0.1) is 0 Å². The van der Waals surface area contributed by atoms with E-state index in [0.29, 0.717) is 12.6 Å². The Labute approximate surface area is 133 Å². The first-order chi connectivity index (χ1) is 9.70. The van der Waals surface area contributed by atoms with E-state index >= 15 is 0 Å². The SMILES string of the molecule is CCOc1ccccc1C(C)NCCc1ccc(Br)s1. The van der Waals surface area contributed by atoms with Gasteiger partial charge in [0.15, 0.2) is 0 Å². The number of thiophene rings is 1. The molecule has 0 bridgehead atoms. The average Bonchev–Trinajstić information content (AvgIpc) is 2.85. The maximum atomic E-state index is 5.68.